The average Bonchev–Trinajstić information content (AvgIpc) is 3.21. The van der Waals surface area contributed by atoms with Gasteiger partial charge in [-0.1, -0.05) is 29.8 Å². The van der Waals surface area contributed by atoms with Gasteiger partial charge in [-0.2, -0.15) is 4.37 Å². The first-order valence-corrected chi connectivity index (χ1v) is 9.80. The van der Waals surface area contributed by atoms with Crippen LogP contribution in [0, 0.1) is 5.82 Å². The summed E-state index contributed by atoms with van der Waals surface area (Å²) in [6, 6.07) is 10.6. The number of nitrogens with zero attached hydrogens (tertiary/aromatic N) is 3. The Morgan fingerprint density at radius 3 is 3.04 bits per heavy atom. The van der Waals surface area contributed by atoms with Crippen LogP contribution in [0.3, 0.4) is 0 Å². The van der Waals surface area contributed by atoms with Crippen LogP contribution in [0.2, 0.25) is 5.02 Å². The van der Waals surface area contributed by atoms with Crippen LogP contribution in [0.1, 0.15) is 5.56 Å². The van der Waals surface area contributed by atoms with Gasteiger partial charge in [0.25, 0.3) is 0 Å². The average molecular weight is 419 g/mol. The summed E-state index contributed by atoms with van der Waals surface area (Å²) < 4.78 is 27.0. The minimum Gasteiger partial charge on any atom is -0.487 e. The molecule has 0 aliphatic carbocycles. The van der Waals surface area contributed by atoms with E-state index in [1.54, 1.807) is 12.4 Å². The zero-order chi connectivity index (χ0) is 18.6. The zero-order valence-corrected chi connectivity index (χ0v) is 16.1. The molecule has 27 heavy (non-hydrogen) atoms. The standard InChI is InChI=1S/C18H12ClFN4OS2/c19-14-6-17(26-24-18-22-10-23-27-18)15(20)7-16(14)25-9-12-3-1-2-11-4-5-21-8-13(11)12/h1-8,10H,9H2,(H,22,23,24). The molecule has 0 unspecified atom stereocenters. The molecular formula is C18H12ClFN4OS2. The van der Waals surface area contributed by atoms with Crippen molar-refractivity contribution in [1.82, 2.24) is 14.3 Å². The number of nitrogens with one attached hydrogen (secondary N) is 1. The third-order valence-corrected chi connectivity index (χ3v) is 5.59. The van der Waals surface area contributed by atoms with E-state index in [-0.39, 0.29) is 12.4 Å². The van der Waals surface area contributed by atoms with Crippen LogP contribution >= 0.6 is 35.1 Å². The summed E-state index contributed by atoms with van der Waals surface area (Å²) >= 11 is 8.54. The van der Waals surface area contributed by atoms with Crippen molar-refractivity contribution in [2.24, 2.45) is 0 Å². The van der Waals surface area contributed by atoms with E-state index in [0.717, 1.165) is 28.3 Å². The first-order valence-electron chi connectivity index (χ1n) is 7.84. The predicted molar refractivity (Wildman–Crippen MR) is 107 cm³/mol. The second-order valence-corrected chi connectivity index (χ2v) is 7.50. The molecule has 4 rings (SSSR count). The number of benzene rings is 2. The van der Waals surface area contributed by atoms with E-state index in [0.29, 0.717) is 15.0 Å². The van der Waals surface area contributed by atoms with Crippen LogP contribution in [0.15, 0.2) is 60.0 Å². The Balaban J connectivity index is 1.49. The van der Waals surface area contributed by atoms with Gasteiger partial charge in [0.1, 0.15) is 24.5 Å². The first-order chi connectivity index (χ1) is 13.2. The van der Waals surface area contributed by atoms with Crippen LogP contribution < -0.4 is 9.46 Å². The second-order valence-electron chi connectivity index (χ2n) is 5.47. The maximum Gasteiger partial charge on any atom is 0.212 e. The highest BCUT2D eigenvalue weighted by atomic mass is 35.5. The molecule has 0 aliphatic rings. The minimum absolute atomic E-state index is 0.262. The molecule has 0 bridgehead atoms. The summed E-state index contributed by atoms with van der Waals surface area (Å²) in [5.41, 5.74) is 0.952. The lowest BCUT2D eigenvalue weighted by Crippen LogP contribution is -1.99. The van der Waals surface area contributed by atoms with Crippen molar-refractivity contribution in [2.45, 2.75) is 11.5 Å². The van der Waals surface area contributed by atoms with Crippen molar-refractivity contribution in [1.29, 1.82) is 0 Å². The molecule has 1 N–H and O–H groups in total. The normalized spacial score (nSPS) is 10.9. The van der Waals surface area contributed by atoms with Gasteiger partial charge in [0.2, 0.25) is 5.13 Å². The van der Waals surface area contributed by atoms with Gasteiger partial charge in [-0.15, -0.1) is 0 Å². The smallest absolute Gasteiger partial charge is 0.212 e. The monoisotopic (exact) mass is 418 g/mol. The van der Waals surface area contributed by atoms with E-state index < -0.39 is 5.82 Å². The highest BCUT2D eigenvalue weighted by Gasteiger charge is 2.12. The SMILES string of the molecule is Fc1cc(OCc2cccc3ccncc23)c(Cl)cc1SNc1ncns1. The number of hydrogen-bond donors (Lipinski definition) is 1. The second kappa shape index (κ2) is 8.08. The quantitative estimate of drug-likeness (QED) is 0.412. The highest BCUT2D eigenvalue weighted by molar-refractivity contribution is 8.00. The molecule has 0 amide bonds. The number of ether oxygens (including phenoxy) is 1. The molecule has 0 saturated heterocycles. The first kappa shape index (κ1) is 18.0. The van der Waals surface area contributed by atoms with Crippen LogP contribution in [0.5, 0.6) is 5.75 Å². The van der Waals surface area contributed by atoms with E-state index in [9.17, 15) is 4.39 Å². The molecule has 5 nitrogen and oxygen atoms in total. The Morgan fingerprint density at radius 2 is 2.19 bits per heavy atom. The van der Waals surface area contributed by atoms with E-state index in [2.05, 4.69) is 19.1 Å². The summed E-state index contributed by atoms with van der Waals surface area (Å²) in [7, 11) is 0. The van der Waals surface area contributed by atoms with Gasteiger partial charge in [-0.05, 0) is 35.0 Å². The molecule has 2 aromatic heterocycles. The fourth-order valence-corrected chi connectivity index (χ4v) is 3.90. The van der Waals surface area contributed by atoms with Crippen molar-refractivity contribution in [3.05, 3.63) is 71.5 Å². The largest absolute Gasteiger partial charge is 0.487 e. The van der Waals surface area contributed by atoms with Crippen LogP contribution in [-0.2, 0) is 6.61 Å². The molecule has 0 aliphatic heterocycles. The van der Waals surface area contributed by atoms with Gasteiger partial charge in [-0.25, -0.2) is 9.37 Å². The molecule has 2 aromatic carbocycles. The molecular weight excluding hydrogens is 407 g/mol. The van der Waals surface area contributed by atoms with Gasteiger partial charge in [0, 0.05) is 35.4 Å². The van der Waals surface area contributed by atoms with Crippen molar-refractivity contribution >= 4 is 51.0 Å². The molecule has 4 aromatic rings. The van der Waals surface area contributed by atoms with E-state index >= 15 is 0 Å². The lowest BCUT2D eigenvalue weighted by molar-refractivity contribution is 0.305. The number of aromatic nitrogens is 3. The summed E-state index contributed by atoms with van der Waals surface area (Å²) in [6.07, 6.45) is 4.96. The Hall–Kier alpha value is -2.42. The van der Waals surface area contributed by atoms with Gasteiger partial charge < -0.3 is 9.46 Å². The number of halogens is 2. The third kappa shape index (κ3) is 4.13. The Labute approximate surface area is 167 Å². The molecule has 0 fully saturated rings. The van der Waals surface area contributed by atoms with Crippen molar-refractivity contribution in [3.8, 4) is 5.75 Å². The van der Waals surface area contributed by atoms with E-state index in [4.69, 9.17) is 16.3 Å². The fraction of sp³-hybridized carbons (Fsp3) is 0.0556. The molecule has 0 saturated carbocycles. The number of pyridine rings is 1. The predicted octanol–water partition coefficient (Wildman–Crippen LogP) is 5.58. The summed E-state index contributed by atoms with van der Waals surface area (Å²) in [5.74, 6) is -0.147. The molecule has 2 heterocycles. The molecule has 0 spiro atoms. The number of rotatable bonds is 6. The van der Waals surface area contributed by atoms with Crippen molar-refractivity contribution < 1.29 is 9.13 Å². The summed E-state index contributed by atoms with van der Waals surface area (Å²) in [4.78, 5) is 8.48. The van der Waals surface area contributed by atoms with Gasteiger partial charge >= 0.3 is 0 Å². The summed E-state index contributed by atoms with van der Waals surface area (Å²) in [6.45, 7) is 0.262. The summed E-state index contributed by atoms with van der Waals surface area (Å²) in [5, 5.41) is 2.97. The van der Waals surface area contributed by atoms with Crippen LogP contribution in [-0.4, -0.2) is 14.3 Å². The van der Waals surface area contributed by atoms with Crippen molar-refractivity contribution in [3.63, 3.8) is 0 Å². The third-order valence-electron chi connectivity index (χ3n) is 3.75. The van der Waals surface area contributed by atoms with Gasteiger partial charge in [-0.3, -0.25) is 4.98 Å². The minimum atomic E-state index is -0.434. The lowest BCUT2D eigenvalue weighted by atomic mass is 10.1. The fourth-order valence-electron chi connectivity index (χ4n) is 2.47. The number of fused-ring (bicyclic) bond motifs is 1. The number of anilines is 1. The molecule has 136 valence electrons. The van der Waals surface area contributed by atoms with Crippen LogP contribution in [0.4, 0.5) is 9.52 Å². The maximum atomic E-state index is 14.4. The Kier molecular flexibility index (Phi) is 5.38. The van der Waals surface area contributed by atoms with Gasteiger partial charge in [0.05, 0.1) is 9.92 Å². The topological polar surface area (TPSA) is 59.9 Å². The maximum absolute atomic E-state index is 14.4. The molecule has 0 radical (unpaired) electrons. The molecule has 9 heteroatoms. The lowest BCUT2D eigenvalue weighted by Gasteiger charge is -2.12. The highest BCUT2D eigenvalue weighted by Crippen LogP contribution is 2.34. The van der Waals surface area contributed by atoms with Crippen molar-refractivity contribution in [2.75, 3.05) is 4.72 Å². The Morgan fingerprint density at radius 1 is 1.26 bits per heavy atom. The molecule has 0 atom stereocenters. The van der Waals surface area contributed by atoms with Gasteiger partial charge in [0.15, 0.2) is 0 Å². The van der Waals surface area contributed by atoms with E-state index in [1.807, 2.05) is 24.3 Å². The number of hydrogen-bond acceptors (Lipinski definition) is 7. The zero-order valence-electron chi connectivity index (χ0n) is 13.7. The van der Waals surface area contributed by atoms with Crippen LogP contribution in [0.25, 0.3) is 10.8 Å². The van der Waals surface area contributed by atoms with E-state index in [1.165, 1.54) is 30.0 Å². The Bertz CT molecular complexity index is 1070.